The maximum atomic E-state index is 13.7. The van der Waals surface area contributed by atoms with Gasteiger partial charge in [-0.25, -0.2) is 9.59 Å². The number of nitro benzene ring substituents is 1. The Bertz CT molecular complexity index is 1320. The Morgan fingerprint density at radius 1 is 0.974 bits per heavy atom. The van der Waals surface area contributed by atoms with Gasteiger partial charge in [-0.1, -0.05) is 50.2 Å². The molecule has 0 aliphatic carbocycles. The number of hydrogen-bond donors (Lipinski definition) is 1. The molecule has 4 rings (SSSR count). The van der Waals surface area contributed by atoms with Crippen LogP contribution in [0.4, 0.5) is 5.69 Å². The molecule has 0 aromatic heterocycles. The summed E-state index contributed by atoms with van der Waals surface area (Å²) in [5, 5.41) is 14.8. The SMILES string of the molecule is CCOC(=O)C1=C(CC)NC(CC)=C(C(=O)OCCN2CCc3ccccc3C2)C1c1cccc([N+](=O)[O-])c1. The van der Waals surface area contributed by atoms with E-state index in [0.29, 0.717) is 36.3 Å². The highest BCUT2D eigenvalue weighted by atomic mass is 16.6. The van der Waals surface area contributed by atoms with Crippen LogP contribution in [0.25, 0.3) is 0 Å². The summed E-state index contributed by atoms with van der Waals surface area (Å²) in [7, 11) is 0. The van der Waals surface area contributed by atoms with Crippen molar-refractivity contribution in [2.24, 2.45) is 0 Å². The minimum atomic E-state index is -0.857. The van der Waals surface area contributed by atoms with E-state index in [0.717, 1.165) is 19.5 Å². The smallest absolute Gasteiger partial charge is 0.336 e. The fourth-order valence-corrected chi connectivity index (χ4v) is 5.30. The Morgan fingerprint density at radius 3 is 2.28 bits per heavy atom. The molecule has 2 aliphatic heterocycles. The van der Waals surface area contributed by atoms with Crippen LogP contribution in [0.1, 0.15) is 56.2 Å². The Labute approximate surface area is 228 Å². The second kappa shape index (κ2) is 12.7. The van der Waals surface area contributed by atoms with Crippen LogP contribution in [-0.2, 0) is 32.0 Å². The third kappa shape index (κ3) is 6.20. The number of dihydropyridines is 1. The molecule has 2 heterocycles. The molecule has 9 nitrogen and oxygen atoms in total. The van der Waals surface area contributed by atoms with Gasteiger partial charge in [-0.15, -0.1) is 0 Å². The molecule has 1 unspecified atom stereocenters. The minimum Gasteiger partial charge on any atom is -0.463 e. The molecule has 0 fully saturated rings. The first-order valence-electron chi connectivity index (χ1n) is 13.5. The molecular formula is C30H35N3O6. The van der Waals surface area contributed by atoms with E-state index in [1.54, 1.807) is 19.1 Å². The van der Waals surface area contributed by atoms with Crippen LogP contribution in [0.2, 0.25) is 0 Å². The highest BCUT2D eigenvalue weighted by molar-refractivity contribution is 6.00. The number of ether oxygens (including phenoxy) is 2. The summed E-state index contributed by atoms with van der Waals surface area (Å²) in [5.41, 5.74) is 4.79. The van der Waals surface area contributed by atoms with Gasteiger partial charge < -0.3 is 14.8 Å². The normalized spacial score (nSPS) is 17.4. The topological polar surface area (TPSA) is 111 Å². The van der Waals surface area contributed by atoms with E-state index in [1.165, 1.54) is 23.3 Å². The number of nitrogens with zero attached hydrogens (tertiary/aromatic N) is 2. The molecular weight excluding hydrogens is 498 g/mol. The van der Waals surface area contributed by atoms with Crippen LogP contribution in [0.3, 0.4) is 0 Å². The molecule has 0 bridgehead atoms. The predicted octanol–water partition coefficient (Wildman–Crippen LogP) is 4.77. The Morgan fingerprint density at radius 2 is 1.64 bits per heavy atom. The van der Waals surface area contributed by atoms with Crippen molar-refractivity contribution in [2.75, 3.05) is 26.3 Å². The first-order chi connectivity index (χ1) is 18.9. The van der Waals surface area contributed by atoms with Crippen LogP contribution in [-0.4, -0.2) is 48.1 Å². The minimum absolute atomic E-state index is 0.122. The molecule has 9 heteroatoms. The molecule has 0 radical (unpaired) electrons. The second-order valence-corrected chi connectivity index (χ2v) is 9.55. The number of hydrogen-bond acceptors (Lipinski definition) is 8. The van der Waals surface area contributed by atoms with E-state index in [1.807, 2.05) is 26.0 Å². The van der Waals surface area contributed by atoms with E-state index in [2.05, 4.69) is 22.3 Å². The molecule has 206 valence electrons. The number of carbonyl (C=O) groups is 2. The molecule has 0 amide bonds. The second-order valence-electron chi connectivity index (χ2n) is 9.55. The number of fused-ring (bicyclic) bond motifs is 1. The maximum absolute atomic E-state index is 13.7. The van der Waals surface area contributed by atoms with Gasteiger partial charge in [0, 0.05) is 43.2 Å². The van der Waals surface area contributed by atoms with Crippen LogP contribution in [0.15, 0.2) is 71.1 Å². The van der Waals surface area contributed by atoms with Crippen LogP contribution in [0, 0.1) is 10.1 Å². The van der Waals surface area contributed by atoms with E-state index >= 15 is 0 Å². The average molecular weight is 534 g/mol. The van der Waals surface area contributed by atoms with Gasteiger partial charge in [-0.3, -0.25) is 15.0 Å². The first kappa shape index (κ1) is 28.0. The van der Waals surface area contributed by atoms with Crippen LogP contribution in [0.5, 0.6) is 0 Å². The molecule has 0 saturated carbocycles. The lowest BCUT2D eigenvalue weighted by atomic mass is 9.79. The standard InChI is InChI=1S/C30H35N3O6/c1-4-24-27(29(34)38-6-3)26(21-12-9-13-23(18-21)33(36)37)28(25(5-2)31-24)30(35)39-17-16-32-15-14-20-10-7-8-11-22(20)19-32/h7-13,18,26,31H,4-6,14-17,19H2,1-3H3. The van der Waals surface area contributed by atoms with Crippen molar-refractivity contribution < 1.29 is 24.0 Å². The zero-order valence-electron chi connectivity index (χ0n) is 22.7. The van der Waals surface area contributed by atoms with Crippen molar-refractivity contribution >= 4 is 17.6 Å². The lowest BCUT2D eigenvalue weighted by Gasteiger charge is -2.32. The Balaban J connectivity index is 1.62. The Kier molecular flexibility index (Phi) is 9.14. The molecule has 2 aromatic rings. The maximum Gasteiger partial charge on any atom is 0.336 e. The van der Waals surface area contributed by atoms with E-state index in [-0.39, 0.29) is 30.0 Å². The highest BCUT2D eigenvalue weighted by Crippen LogP contribution is 2.41. The van der Waals surface area contributed by atoms with E-state index < -0.39 is 22.8 Å². The lowest BCUT2D eigenvalue weighted by Crippen LogP contribution is -2.36. The van der Waals surface area contributed by atoms with Gasteiger partial charge in [0.2, 0.25) is 0 Å². The molecule has 0 spiro atoms. The third-order valence-corrected chi connectivity index (χ3v) is 7.22. The summed E-state index contributed by atoms with van der Waals surface area (Å²) in [4.78, 5) is 40.2. The number of allylic oxidation sites excluding steroid dienone is 2. The summed E-state index contributed by atoms with van der Waals surface area (Å²) >= 11 is 0. The molecule has 1 atom stereocenters. The van der Waals surface area contributed by atoms with Gasteiger partial charge in [0.25, 0.3) is 5.69 Å². The number of carbonyl (C=O) groups excluding carboxylic acids is 2. The highest BCUT2D eigenvalue weighted by Gasteiger charge is 2.39. The van der Waals surface area contributed by atoms with Gasteiger partial charge in [0.15, 0.2) is 0 Å². The Hall–Kier alpha value is -3.98. The van der Waals surface area contributed by atoms with Crippen molar-refractivity contribution in [1.82, 2.24) is 10.2 Å². The number of non-ortho nitro benzene ring substituents is 1. The summed E-state index contributed by atoms with van der Waals surface area (Å²) in [5.74, 6) is -1.97. The predicted molar refractivity (Wildman–Crippen MR) is 147 cm³/mol. The third-order valence-electron chi connectivity index (χ3n) is 7.22. The first-order valence-corrected chi connectivity index (χ1v) is 13.5. The zero-order chi connectivity index (χ0) is 27.9. The number of esters is 2. The monoisotopic (exact) mass is 533 g/mol. The fourth-order valence-electron chi connectivity index (χ4n) is 5.30. The van der Waals surface area contributed by atoms with E-state index in [4.69, 9.17) is 9.47 Å². The zero-order valence-corrected chi connectivity index (χ0v) is 22.7. The van der Waals surface area contributed by atoms with Gasteiger partial charge in [-0.05, 0) is 42.9 Å². The summed E-state index contributed by atoms with van der Waals surface area (Å²) in [6.07, 6.45) is 1.92. The van der Waals surface area contributed by atoms with Crippen LogP contribution < -0.4 is 5.32 Å². The fraction of sp³-hybridized carbons (Fsp3) is 0.400. The van der Waals surface area contributed by atoms with Crippen molar-refractivity contribution in [3.8, 4) is 0 Å². The summed E-state index contributed by atoms with van der Waals surface area (Å²) < 4.78 is 11.2. The van der Waals surface area contributed by atoms with Gasteiger partial charge >= 0.3 is 11.9 Å². The van der Waals surface area contributed by atoms with E-state index in [9.17, 15) is 19.7 Å². The van der Waals surface area contributed by atoms with Gasteiger partial charge in [-0.2, -0.15) is 0 Å². The molecule has 2 aliphatic rings. The molecule has 39 heavy (non-hydrogen) atoms. The molecule has 2 aromatic carbocycles. The quantitative estimate of drug-likeness (QED) is 0.264. The van der Waals surface area contributed by atoms with Crippen LogP contribution >= 0.6 is 0 Å². The number of benzene rings is 2. The molecule has 1 N–H and O–H groups in total. The lowest BCUT2D eigenvalue weighted by molar-refractivity contribution is -0.384. The summed E-state index contributed by atoms with van der Waals surface area (Å²) in [6, 6.07) is 14.4. The van der Waals surface area contributed by atoms with Gasteiger partial charge in [0.05, 0.1) is 28.6 Å². The van der Waals surface area contributed by atoms with Crippen molar-refractivity contribution in [2.45, 2.75) is 52.5 Å². The largest absolute Gasteiger partial charge is 0.463 e. The summed E-state index contributed by atoms with van der Waals surface area (Å²) in [6.45, 7) is 8.11. The van der Waals surface area contributed by atoms with Crippen molar-refractivity contribution in [1.29, 1.82) is 0 Å². The number of nitrogens with one attached hydrogen (secondary N) is 1. The number of rotatable bonds is 10. The average Bonchev–Trinajstić information content (AvgIpc) is 2.95. The van der Waals surface area contributed by atoms with Crippen molar-refractivity contribution in [3.05, 3.63) is 97.9 Å². The molecule has 0 saturated heterocycles. The number of nitro groups is 1. The van der Waals surface area contributed by atoms with Gasteiger partial charge in [0.1, 0.15) is 6.61 Å². The van der Waals surface area contributed by atoms with Crippen molar-refractivity contribution in [3.63, 3.8) is 0 Å².